The van der Waals surface area contributed by atoms with Gasteiger partial charge in [-0.3, -0.25) is 14.4 Å². The second kappa shape index (κ2) is 7.42. The number of piperazine rings is 1. The van der Waals surface area contributed by atoms with Crippen molar-refractivity contribution in [2.45, 2.75) is 6.04 Å². The Labute approximate surface area is 177 Å². The van der Waals surface area contributed by atoms with Gasteiger partial charge in [-0.15, -0.1) is 11.3 Å². The van der Waals surface area contributed by atoms with Crippen LogP contribution in [-0.4, -0.2) is 53.2 Å². The number of fused-ring (bicyclic) bond motifs is 2. The van der Waals surface area contributed by atoms with E-state index in [1.807, 2.05) is 53.9 Å². The number of nitrogens with zero attached hydrogens (tertiary/aromatic N) is 2. The quantitative estimate of drug-likeness (QED) is 0.695. The molecule has 2 aliphatic rings. The van der Waals surface area contributed by atoms with Gasteiger partial charge in [0.1, 0.15) is 6.04 Å². The van der Waals surface area contributed by atoms with Crippen LogP contribution in [0.15, 0.2) is 66.0 Å². The van der Waals surface area contributed by atoms with Gasteiger partial charge in [0.25, 0.3) is 11.8 Å². The van der Waals surface area contributed by atoms with Gasteiger partial charge in [0.15, 0.2) is 0 Å². The number of amides is 3. The maximum Gasteiger partial charge on any atom is 0.264 e. The second-order valence-corrected chi connectivity index (χ2v) is 8.31. The molecule has 1 aromatic heterocycles. The zero-order valence-electron chi connectivity index (χ0n) is 16.1. The van der Waals surface area contributed by atoms with Crippen LogP contribution in [-0.2, 0) is 4.79 Å². The minimum Gasteiger partial charge on any atom is -0.334 e. The highest BCUT2D eigenvalue weighted by atomic mass is 32.1. The molecule has 0 bridgehead atoms. The van der Waals surface area contributed by atoms with Crippen LogP contribution in [0, 0.1) is 0 Å². The summed E-state index contributed by atoms with van der Waals surface area (Å²) in [4.78, 5) is 42.9. The SMILES string of the molecule is O=C1Nc2ccc(-c3ccccc3)cc2C(=O)N2CCN(C(=O)c3cccs3)C[C@H]12. The van der Waals surface area contributed by atoms with Gasteiger partial charge in [-0.25, -0.2) is 0 Å². The summed E-state index contributed by atoms with van der Waals surface area (Å²) in [7, 11) is 0. The Morgan fingerprint density at radius 1 is 0.967 bits per heavy atom. The molecule has 0 radical (unpaired) electrons. The lowest BCUT2D eigenvalue weighted by atomic mass is 10.0. The van der Waals surface area contributed by atoms with Crippen LogP contribution >= 0.6 is 11.3 Å². The molecule has 1 N–H and O–H groups in total. The van der Waals surface area contributed by atoms with Gasteiger partial charge in [0.2, 0.25) is 5.91 Å². The van der Waals surface area contributed by atoms with Gasteiger partial charge in [0.05, 0.1) is 22.7 Å². The topological polar surface area (TPSA) is 69.7 Å². The predicted molar refractivity (Wildman–Crippen MR) is 116 cm³/mol. The fraction of sp³-hybridized carbons (Fsp3) is 0.174. The highest BCUT2D eigenvalue weighted by Gasteiger charge is 2.40. The molecule has 1 fully saturated rings. The standard InChI is InChI=1S/C23H19N3O3S/c27-21-19-14-25(23(29)20-7-4-12-30-20)10-11-26(19)22(28)17-13-16(8-9-18(17)24-21)15-5-2-1-3-6-15/h1-9,12-13,19H,10-11,14H2,(H,24,27)/t19-/m1/s1. The fourth-order valence-electron chi connectivity index (χ4n) is 4.00. The second-order valence-electron chi connectivity index (χ2n) is 7.36. The number of hydrogen-bond donors (Lipinski definition) is 1. The number of hydrogen-bond acceptors (Lipinski definition) is 4. The molecule has 5 rings (SSSR count). The van der Waals surface area contributed by atoms with Crippen molar-refractivity contribution in [1.82, 2.24) is 9.80 Å². The summed E-state index contributed by atoms with van der Waals surface area (Å²) in [5, 5.41) is 4.74. The highest BCUT2D eigenvalue weighted by Crippen LogP contribution is 2.30. The van der Waals surface area contributed by atoms with E-state index >= 15 is 0 Å². The smallest absolute Gasteiger partial charge is 0.264 e. The molecular weight excluding hydrogens is 398 g/mol. The van der Waals surface area contributed by atoms with E-state index in [9.17, 15) is 14.4 Å². The first-order chi connectivity index (χ1) is 14.6. The van der Waals surface area contributed by atoms with Crippen LogP contribution in [0.2, 0.25) is 0 Å². The van der Waals surface area contributed by atoms with E-state index in [0.717, 1.165) is 11.1 Å². The third-order valence-electron chi connectivity index (χ3n) is 5.58. The summed E-state index contributed by atoms with van der Waals surface area (Å²) in [6.45, 7) is 0.914. The number of carbonyl (C=O) groups excluding carboxylic acids is 3. The average Bonchev–Trinajstić information content (AvgIpc) is 3.30. The number of thiophene rings is 1. The van der Waals surface area contributed by atoms with Gasteiger partial charge in [-0.05, 0) is 34.7 Å². The number of anilines is 1. The van der Waals surface area contributed by atoms with E-state index in [-0.39, 0.29) is 24.3 Å². The van der Waals surface area contributed by atoms with Gasteiger partial charge in [0, 0.05) is 13.1 Å². The number of rotatable bonds is 2. The molecule has 3 aromatic rings. The maximum atomic E-state index is 13.3. The Bertz CT molecular complexity index is 1130. The molecule has 0 spiro atoms. The first kappa shape index (κ1) is 18.6. The molecule has 0 unspecified atom stereocenters. The Balaban J connectivity index is 1.45. The number of nitrogens with one attached hydrogen (secondary N) is 1. The van der Waals surface area contributed by atoms with Gasteiger partial charge in [-0.1, -0.05) is 42.5 Å². The summed E-state index contributed by atoms with van der Waals surface area (Å²) in [6.07, 6.45) is 0. The number of carbonyl (C=O) groups is 3. The molecule has 1 atom stereocenters. The normalized spacial score (nSPS) is 18.3. The van der Waals surface area contributed by atoms with Crippen molar-refractivity contribution in [1.29, 1.82) is 0 Å². The third-order valence-corrected chi connectivity index (χ3v) is 6.44. The summed E-state index contributed by atoms with van der Waals surface area (Å²) in [6, 6.07) is 18.2. The summed E-state index contributed by atoms with van der Waals surface area (Å²) in [5.74, 6) is -0.550. The van der Waals surface area contributed by atoms with Gasteiger partial charge >= 0.3 is 0 Å². The van der Waals surface area contributed by atoms with Crippen LogP contribution in [0.1, 0.15) is 20.0 Å². The Hall–Kier alpha value is -3.45. The van der Waals surface area contributed by atoms with E-state index < -0.39 is 6.04 Å². The Morgan fingerprint density at radius 2 is 1.80 bits per heavy atom. The van der Waals surface area contributed by atoms with E-state index in [1.165, 1.54) is 11.3 Å². The lowest BCUT2D eigenvalue weighted by Gasteiger charge is -2.39. The first-order valence-electron chi connectivity index (χ1n) is 9.76. The van der Waals surface area contributed by atoms with Crippen molar-refractivity contribution in [3.63, 3.8) is 0 Å². The molecule has 7 heteroatoms. The molecule has 1 saturated heterocycles. The largest absolute Gasteiger partial charge is 0.334 e. The fourth-order valence-corrected chi connectivity index (χ4v) is 4.69. The van der Waals surface area contributed by atoms with Gasteiger partial charge in [-0.2, -0.15) is 0 Å². The molecule has 0 saturated carbocycles. The van der Waals surface area contributed by atoms with Gasteiger partial charge < -0.3 is 15.1 Å². The predicted octanol–water partition coefficient (Wildman–Crippen LogP) is 3.33. The molecule has 2 aliphatic heterocycles. The van der Waals surface area contributed by atoms with Crippen LogP contribution in [0.25, 0.3) is 11.1 Å². The lowest BCUT2D eigenvalue weighted by Crippen LogP contribution is -2.59. The van der Waals surface area contributed by atoms with E-state index in [4.69, 9.17) is 0 Å². The minimum atomic E-state index is -0.706. The summed E-state index contributed by atoms with van der Waals surface area (Å²) >= 11 is 1.38. The van der Waals surface area contributed by atoms with Crippen LogP contribution in [0.5, 0.6) is 0 Å². The van der Waals surface area contributed by atoms with Crippen molar-refractivity contribution < 1.29 is 14.4 Å². The van der Waals surface area contributed by atoms with Crippen molar-refractivity contribution in [3.05, 3.63) is 76.5 Å². The summed E-state index contributed by atoms with van der Waals surface area (Å²) < 4.78 is 0. The third kappa shape index (κ3) is 3.17. The molecule has 150 valence electrons. The van der Waals surface area contributed by atoms with Crippen LogP contribution in [0.3, 0.4) is 0 Å². The molecular formula is C23H19N3O3S. The molecule has 2 aromatic carbocycles. The molecule has 0 aliphatic carbocycles. The zero-order chi connectivity index (χ0) is 20.7. The zero-order valence-corrected chi connectivity index (χ0v) is 16.9. The minimum absolute atomic E-state index is 0.0991. The first-order valence-corrected chi connectivity index (χ1v) is 10.6. The van der Waals surface area contributed by atoms with E-state index in [1.54, 1.807) is 21.9 Å². The summed E-state index contributed by atoms with van der Waals surface area (Å²) in [5.41, 5.74) is 2.91. The molecule has 3 amide bonds. The lowest BCUT2D eigenvalue weighted by molar-refractivity contribution is -0.121. The van der Waals surface area contributed by atoms with Crippen molar-refractivity contribution in [2.24, 2.45) is 0 Å². The number of benzene rings is 2. The molecule has 6 nitrogen and oxygen atoms in total. The Morgan fingerprint density at radius 3 is 2.57 bits per heavy atom. The van der Waals surface area contributed by atoms with Crippen molar-refractivity contribution >= 4 is 34.7 Å². The highest BCUT2D eigenvalue weighted by molar-refractivity contribution is 7.12. The van der Waals surface area contributed by atoms with Crippen molar-refractivity contribution in [3.8, 4) is 11.1 Å². The Kier molecular flexibility index (Phi) is 4.59. The monoisotopic (exact) mass is 417 g/mol. The van der Waals surface area contributed by atoms with Crippen LogP contribution in [0.4, 0.5) is 5.69 Å². The van der Waals surface area contributed by atoms with Crippen LogP contribution < -0.4 is 5.32 Å². The average molecular weight is 417 g/mol. The molecule has 3 heterocycles. The van der Waals surface area contributed by atoms with Crippen molar-refractivity contribution in [2.75, 3.05) is 25.0 Å². The maximum absolute atomic E-state index is 13.3. The van der Waals surface area contributed by atoms with E-state index in [0.29, 0.717) is 29.2 Å². The van der Waals surface area contributed by atoms with E-state index in [2.05, 4.69) is 5.32 Å². The molecule has 30 heavy (non-hydrogen) atoms.